The maximum Gasteiger partial charge on any atom is 0.309 e. The van der Waals surface area contributed by atoms with E-state index < -0.39 is 0 Å². The molecule has 1 N–H and O–H groups in total. The van der Waals surface area contributed by atoms with Crippen molar-refractivity contribution in [2.45, 2.75) is 19.8 Å². The molecule has 16 heavy (non-hydrogen) atoms. The molecule has 4 heteroatoms. The lowest BCUT2D eigenvalue weighted by atomic mass is 10.1. The summed E-state index contributed by atoms with van der Waals surface area (Å²) in [5.74, 6) is 0.642. The zero-order chi connectivity index (χ0) is 12.0. The molecule has 0 aromatic heterocycles. The van der Waals surface area contributed by atoms with Crippen molar-refractivity contribution in [1.82, 2.24) is 10.2 Å². The lowest BCUT2D eigenvalue weighted by Crippen LogP contribution is -2.32. The van der Waals surface area contributed by atoms with E-state index in [0.29, 0.717) is 0 Å². The van der Waals surface area contributed by atoms with Crippen molar-refractivity contribution < 1.29 is 9.53 Å². The third-order valence-corrected chi connectivity index (χ3v) is 3.34. The summed E-state index contributed by atoms with van der Waals surface area (Å²) in [7, 11) is 3.61. The Morgan fingerprint density at radius 3 is 2.88 bits per heavy atom. The van der Waals surface area contributed by atoms with Crippen LogP contribution in [0.25, 0.3) is 0 Å². The van der Waals surface area contributed by atoms with E-state index in [1.807, 2.05) is 6.92 Å². The van der Waals surface area contributed by atoms with E-state index in [-0.39, 0.29) is 11.9 Å². The van der Waals surface area contributed by atoms with Crippen molar-refractivity contribution in [2.75, 3.05) is 40.3 Å². The van der Waals surface area contributed by atoms with Crippen LogP contribution in [0, 0.1) is 11.8 Å². The minimum Gasteiger partial charge on any atom is -0.469 e. The third kappa shape index (κ3) is 4.10. The summed E-state index contributed by atoms with van der Waals surface area (Å²) >= 11 is 0. The van der Waals surface area contributed by atoms with Crippen LogP contribution >= 0.6 is 0 Å². The van der Waals surface area contributed by atoms with Crippen molar-refractivity contribution in [3.05, 3.63) is 0 Å². The number of hydrogen-bond acceptors (Lipinski definition) is 4. The Balaban J connectivity index is 2.16. The van der Waals surface area contributed by atoms with Crippen LogP contribution in [0.5, 0.6) is 0 Å². The van der Waals surface area contributed by atoms with Crippen LogP contribution in [0.1, 0.15) is 19.8 Å². The maximum atomic E-state index is 11.4. The molecule has 0 amide bonds. The molecule has 4 nitrogen and oxygen atoms in total. The number of nitrogens with one attached hydrogen (secondary N) is 1. The van der Waals surface area contributed by atoms with Gasteiger partial charge in [-0.1, -0.05) is 6.92 Å². The molecule has 2 unspecified atom stereocenters. The number of methoxy groups -OCH3 is 1. The van der Waals surface area contributed by atoms with Gasteiger partial charge in [0.1, 0.15) is 0 Å². The molecule has 1 heterocycles. The van der Waals surface area contributed by atoms with E-state index in [4.69, 9.17) is 4.74 Å². The zero-order valence-corrected chi connectivity index (χ0v) is 10.7. The smallest absolute Gasteiger partial charge is 0.309 e. The van der Waals surface area contributed by atoms with Crippen molar-refractivity contribution in [1.29, 1.82) is 0 Å². The number of rotatable bonds is 6. The first-order chi connectivity index (χ1) is 7.67. The van der Waals surface area contributed by atoms with Gasteiger partial charge in [-0.15, -0.1) is 0 Å². The lowest BCUT2D eigenvalue weighted by molar-refractivity contribution is -0.145. The van der Waals surface area contributed by atoms with Gasteiger partial charge in [-0.2, -0.15) is 0 Å². The number of likely N-dealkylation sites (tertiary alicyclic amines) is 1. The minimum absolute atomic E-state index is 0.00383. The van der Waals surface area contributed by atoms with Gasteiger partial charge in [-0.3, -0.25) is 4.79 Å². The average molecular weight is 228 g/mol. The molecule has 0 aromatic carbocycles. The highest BCUT2D eigenvalue weighted by molar-refractivity contribution is 5.72. The topological polar surface area (TPSA) is 41.6 Å². The summed E-state index contributed by atoms with van der Waals surface area (Å²) in [6, 6.07) is 0. The highest BCUT2D eigenvalue weighted by Crippen LogP contribution is 2.13. The van der Waals surface area contributed by atoms with Crippen LogP contribution in [0.2, 0.25) is 0 Å². The Morgan fingerprint density at radius 2 is 2.38 bits per heavy atom. The Morgan fingerprint density at radius 1 is 1.62 bits per heavy atom. The van der Waals surface area contributed by atoms with Crippen molar-refractivity contribution in [3.63, 3.8) is 0 Å². The molecule has 2 atom stereocenters. The normalized spacial score (nSPS) is 23.3. The van der Waals surface area contributed by atoms with Gasteiger partial charge >= 0.3 is 5.97 Å². The molecule has 1 rings (SSSR count). The average Bonchev–Trinajstić information content (AvgIpc) is 2.69. The summed E-state index contributed by atoms with van der Waals surface area (Å²) in [5.41, 5.74) is 0. The molecule has 0 aliphatic carbocycles. The molecule has 0 radical (unpaired) electrons. The van der Waals surface area contributed by atoms with E-state index in [2.05, 4.69) is 17.3 Å². The quantitative estimate of drug-likeness (QED) is 0.680. The standard InChI is InChI=1S/C12H24N2O2/c1-4-11(12(15)16-3)8-13-7-10-5-6-14(2)9-10/h10-11,13H,4-9H2,1-3H3. The number of hydrogen-bond donors (Lipinski definition) is 1. The highest BCUT2D eigenvalue weighted by Gasteiger charge is 2.20. The Bertz CT molecular complexity index is 221. The fraction of sp³-hybridized carbons (Fsp3) is 0.917. The van der Waals surface area contributed by atoms with Gasteiger partial charge in [0.25, 0.3) is 0 Å². The zero-order valence-electron chi connectivity index (χ0n) is 10.7. The van der Waals surface area contributed by atoms with Gasteiger partial charge in [0.15, 0.2) is 0 Å². The first-order valence-corrected chi connectivity index (χ1v) is 6.14. The van der Waals surface area contributed by atoms with E-state index in [1.165, 1.54) is 26.6 Å². The van der Waals surface area contributed by atoms with E-state index in [0.717, 1.165) is 25.4 Å². The largest absolute Gasteiger partial charge is 0.469 e. The van der Waals surface area contributed by atoms with Crippen LogP contribution in [-0.2, 0) is 9.53 Å². The molecule has 0 saturated carbocycles. The van der Waals surface area contributed by atoms with Gasteiger partial charge < -0.3 is 15.0 Å². The maximum absolute atomic E-state index is 11.4. The monoisotopic (exact) mass is 228 g/mol. The first kappa shape index (κ1) is 13.5. The fourth-order valence-corrected chi connectivity index (χ4v) is 2.22. The number of nitrogens with zero attached hydrogens (tertiary/aromatic N) is 1. The fourth-order valence-electron chi connectivity index (χ4n) is 2.22. The predicted octanol–water partition coefficient (Wildman–Crippen LogP) is 0.727. The molecule has 0 aromatic rings. The van der Waals surface area contributed by atoms with Crippen LogP contribution in [0.4, 0.5) is 0 Å². The molecule has 0 bridgehead atoms. The summed E-state index contributed by atoms with van der Waals surface area (Å²) in [6.07, 6.45) is 2.10. The third-order valence-electron chi connectivity index (χ3n) is 3.34. The molecule has 94 valence electrons. The predicted molar refractivity (Wildman–Crippen MR) is 64.3 cm³/mol. The number of ether oxygens (including phenoxy) is 1. The summed E-state index contributed by atoms with van der Waals surface area (Å²) in [5, 5.41) is 3.39. The number of carbonyl (C=O) groups excluding carboxylic acids is 1. The minimum atomic E-state index is -0.0986. The van der Waals surface area contributed by atoms with E-state index in [9.17, 15) is 4.79 Å². The van der Waals surface area contributed by atoms with E-state index >= 15 is 0 Å². The highest BCUT2D eigenvalue weighted by atomic mass is 16.5. The van der Waals surface area contributed by atoms with E-state index in [1.54, 1.807) is 0 Å². The Hall–Kier alpha value is -0.610. The lowest BCUT2D eigenvalue weighted by Gasteiger charge is -2.15. The summed E-state index contributed by atoms with van der Waals surface area (Å²) in [4.78, 5) is 13.7. The van der Waals surface area contributed by atoms with Crippen LogP contribution < -0.4 is 5.32 Å². The molecular weight excluding hydrogens is 204 g/mol. The van der Waals surface area contributed by atoms with Gasteiger partial charge in [-0.25, -0.2) is 0 Å². The first-order valence-electron chi connectivity index (χ1n) is 6.14. The summed E-state index contributed by atoms with van der Waals surface area (Å²) in [6.45, 7) is 6.14. The molecule has 1 fully saturated rings. The molecule has 1 aliphatic rings. The van der Waals surface area contributed by atoms with Crippen LogP contribution in [0.3, 0.4) is 0 Å². The molecule has 1 aliphatic heterocycles. The second-order valence-corrected chi connectivity index (χ2v) is 4.70. The summed E-state index contributed by atoms with van der Waals surface area (Å²) < 4.78 is 4.76. The molecule has 0 spiro atoms. The van der Waals surface area contributed by atoms with Gasteiger partial charge in [0.2, 0.25) is 0 Å². The van der Waals surface area contributed by atoms with Crippen molar-refractivity contribution in [3.8, 4) is 0 Å². The van der Waals surface area contributed by atoms with Gasteiger partial charge in [-0.05, 0) is 38.9 Å². The van der Waals surface area contributed by atoms with Crippen LogP contribution in [0.15, 0.2) is 0 Å². The second kappa shape index (κ2) is 6.86. The number of carbonyl (C=O) groups is 1. The molecular formula is C12H24N2O2. The second-order valence-electron chi connectivity index (χ2n) is 4.70. The number of esters is 1. The van der Waals surface area contributed by atoms with Gasteiger partial charge in [0.05, 0.1) is 13.0 Å². The van der Waals surface area contributed by atoms with Gasteiger partial charge in [0, 0.05) is 13.1 Å². The molecule has 1 saturated heterocycles. The van der Waals surface area contributed by atoms with Crippen molar-refractivity contribution in [2.24, 2.45) is 11.8 Å². The SMILES string of the molecule is CCC(CNCC1CCN(C)C1)C(=O)OC. The Kier molecular flexibility index (Phi) is 5.77. The van der Waals surface area contributed by atoms with Crippen LogP contribution in [-0.4, -0.2) is 51.2 Å². The Labute approximate surface area is 98.3 Å². The van der Waals surface area contributed by atoms with Crippen molar-refractivity contribution >= 4 is 5.97 Å².